The van der Waals surface area contributed by atoms with Gasteiger partial charge < -0.3 is 13.3 Å². The third kappa shape index (κ3) is 2.01. The van der Waals surface area contributed by atoms with Crippen molar-refractivity contribution in [1.29, 1.82) is 0 Å². The van der Waals surface area contributed by atoms with Crippen molar-refractivity contribution < 1.29 is 22.0 Å². The highest BCUT2D eigenvalue weighted by Crippen LogP contribution is 2.46. The van der Waals surface area contributed by atoms with E-state index in [4.69, 9.17) is 0 Å². The van der Waals surface area contributed by atoms with Gasteiger partial charge in [0.1, 0.15) is 5.71 Å². The standard InChI is InChI=1S/C14H13BF4I2N2/c1-6-10-5-11-7(2)13(21)9(4)23(11)15(19,14(16,17)18)22(10)8(3)12(6)20/h5H,1-4H3. The zero-order valence-corrected chi connectivity index (χ0v) is 17.1. The molecule has 0 bridgehead atoms. The summed E-state index contributed by atoms with van der Waals surface area (Å²) in [5.41, 5.74) is 2.57. The van der Waals surface area contributed by atoms with Crippen LogP contribution in [0.25, 0.3) is 6.08 Å². The van der Waals surface area contributed by atoms with Crippen LogP contribution in [-0.2, 0) is 0 Å². The van der Waals surface area contributed by atoms with Crippen molar-refractivity contribution in [3.63, 3.8) is 0 Å². The number of aromatic nitrogens is 1. The SMILES string of the molecule is CC1=C(I)C(C)=[N+]2C1=Cc1c(C)c(I)c(C)n1[B-]2(F)C(F)(F)F. The monoisotopic (exact) mass is 550 g/mol. The number of halogens is 6. The van der Waals surface area contributed by atoms with E-state index in [0.29, 0.717) is 41.1 Å². The molecule has 1 unspecified atom stereocenters. The molecule has 0 amide bonds. The van der Waals surface area contributed by atoms with Crippen molar-refractivity contribution in [3.05, 3.63) is 35.4 Å². The van der Waals surface area contributed by atoms with Gasteiger partial charge in [-0.3, -0.25) is 0 Å². The van der Waals surface area contributed by atoms with Gasteiger partial charge in [0.2, 0.25) is 0 Å². The topological polar surface area (TPSA) is 7.94 Å². The molecule has 0 fully saturated rings. The van der Waals surface area contributed by atoms with E-state index in [2.05, 4.69) is 0 Å². The maximum Gasteiger partial charge on any atom is 0.649 e. The van der Waals surface area contributed by atoms with Crippen LogP contribution < -0.4 is 0 Å². The Kier molecular flexibility index (Phi) is 3.87. The number of allylic oxidation sites excluding steroid dienone is 2. The van der Waals surface area contributed by atoms with Crippen LogP contribution in [0.15, 0.2) is 14.8 Å². The van der Waals surface area contributed by atoms with Crippen molar-refractivity contribution in [1.82, 2.24) is 4.48 Å². The zero-order valence-electron chi connectivity index (χ0n) is 12.8. The number of alkyl halides is 3. The molecular weight excluding hydrogens is 537 g/mol. The molecule has 124 valence electrons. The largest absolute Gasteiger partial charge is 0.649 e. The molecule has 0 N–H and O–H groups in total. The fourth-order valence-electron chi connectivity index (χ4n) is 3.48. The zero-order chi connectivity index (χ0) is 17.5. The number of hydrogen-bond donors (Lipinski definition) is 0. The minimum absolute atomic E-state index is 0.302. The van der Waals surface area contributed by atoms with Gasteiger partial charge in [0.15, 0.2) is 5.70 Å². The summed E-state index contributed by atoms with van der Waals surface area (Å²) in [6, 6.07) is 0. The number of fused-ring (bicyclic) bond motifs is 2. The maximum absolute atomic E-state index is 15.8. The molecule has 2 nitrogen and oxygen atoms in total. The highest BCUT2D eigenvalue weighted by Gasteiger charge is 2.70. The smallest absolute Gasteiger partial charge is 0.421 e. The molecule has 0 saturated heterocycles. The maximum atomic E-state index is 15.8. The van der Waals surface area contributed by atoms with Crippen molar-refractivity contribution in [3.8, 4) is 0 Å². The molecule has 2 aliphatic heterocycles. The van der Waals surface area contributed by atoms with Gasteiger partial charge in [-0.2, -0.15) is 13.2 Å². The van der Waals surface area contributed by atoms with Gasteiger partial charge in [-0.1, -0.05) is 0 Å². The molecule has 0 saturated carbocycles. The Hall–Kier alpha value is -0.325. The van der Waals surface area contributed by atoms with Crippen molar-refractivity contribution in [2.75, 3.05) is 0 Å². The Morgan fingerprint density at radius 1 is 1.13 bits per heavy atom. The average molecular weight is 550 g/mol. The summed E-state index contributed by atoms with van der Waals surface area (Å²) in [6.07, 6.45) is -3.35. The first-order valence-electron chi connectivity index (χ1n) is 6.94. The van der Waals surface area contributed by atoms with E-state index < -0.39 is 12.8 Å². The van der Waals surface area contributed by atoms with Crippen LogP contribution in [-0.4, -0.2) is 27.4 Å². The lowest BCUT2D eigenvalue weighted by Crippen LogP contribution is -2.64. The summed E-state index contributed by atoms with van der Waals surface area (Å²) in [5.74, 6) is 0. The molecule has 1 aromatic heterocycles. The molecule has 1 atom stereocenters. The van der Waals surface area contributed by atoms with E-state index in [1.807, 2.05) is 45.2 Å². The van der Waals surface area contributed by atoms with Crippen LogP contribution in [0.2, 0.25) is 0 Å². The highest BCUT2D eigenvalue weighted by atomic mass is 127. The summed E-state index contributed by atoms with van der Waals surface area (Å²) in [7, 11) is 0. The first-order valence-corrected chi connectivity index (χ1v) is 9.10. The van der Waals surface area contributed by atoms with Crippen molar-refractivity contribution >= 4 is 63.7 Å². The molecule has 23 heavy (non-hydrogen) atoms. The lowest BCUT2D eigenvalue weighted by atomic mass is 9.64. The van der Waals surface area contributed by atoms with Crippen LogP contribution in [0, 0.1) is 17.4 Å². The second-order valence-electron chi connectivity index (χ2n) is 5.92. The number of rotatable bonds is 0. The minimum Gasteiger partial charge on any atom is -0.421 e. The van der Waals surface area contributed by atoms with Crippen molar-refractivity contribution in [2.45, 2.75) is 33.8 Å². The fraction of sp³-hybridized carbons (Fsp3) is 0.357. The first kappa shape index (κ1) is 17.5. The second-order valence-corrected chi connectivity index (χ2v) is 8.08. The van der Waals surface area contributed by atoms with Gasteiger partial charge in [0.05, 0.1) is 3.58 Å². The number of hydrogen-bond acceptors (Lipinski definition) is 0. The van der Waals surface area contributed by atoms with Gasteiger partial charge in [-0.05, 0) is 77.2 Å². The Balaban J connectivity index is 2.51. The molecule has 3 rings (SSSR count). The van der Waals surface area contributed by atoms with Crippen LogP contribution in [0.4, 0.5) is 17.5 Å². The minimum atomic E-state index is -5.02. The third-order valence-electron chi connectivity index (χ3n) is 4.68. The second kappa shape index (κ2) is 5.09. The molecule has 0 radical (unpaired) electrons. The van der Waals surface area contributed by atoms with E-state index in [9.17, 15) is 13.2 Å². The third-order valence-corrected chi connectivity index (χ3v) is 7.86. The average Bonchev–Trinajstić information content (AvgIpc) is 2.81. The van der Waals surface area contributed by atoms with Gasteiger partial charge in [-0.15, -0.1) is 0 Å². The van der Waals surface area contributed by atoms with Crippen LogP contribution in [0.3, 0.4) is 0 Å². The number of nitrogens with zero attached hydrogens (tertiary/aromatic N) is 2. The first-order chi connectivity index (χ1) is 10.4. The lowest BCUT2D eigenvalue weighted by molar-refractivity contribution is -0.374. The van der Waals surface area contributed by atoms with E-state index in [-0.39, 0.29) is 0 Å². The predicted octanol–water partition coefficient (Wildman–Crippen LogP) is 5.12. The van der Waals surface area contributed by atoms with Crippen molar-refractivity contribution in [2.24, 2.45) is 0 Å². The van der Waals surface area contributed by atoms with E-state index in [0.717, 1.165) is 8.96 Å². The summed E-state index contributed by atoms with van der Waals surface area (Å²) < 4.78 is 60.6. The Labute approximate surface area is 158 Å². The summed E-state index contributed by atoms with van der Waals surface area (Å²) in [4.78, 5) is 0. The highest BCUT2D eigenvalue weighted by molar-refractivity contribution is 14.1. The summed E-state index contributed by atoms with van der Waals surface area (Å²) in [5, 5.41) is 0. The Bertz CT molecular complexity index is 848. The Morgan fingerprint density at radius 3 is 2.22 bits per heavy atom. The molecule has 2 aliphatic rings. The molecule has 1 aromatic rings. The summed E-state index contributed by atoms with van der Waals surface area (Å²) >= 11 is 3.96. The molecule has 0 aromatic carbocycles. The normalized spacial score (nSPS) is 24.2. The Morgan fingerprint density at radius 2 is 1.70 bits per heavy atom. The van der Waals surface area contributed by atoms with Crippen LogP contribution >= 0.6 is 45.2 Å². The molecule has 0 aliphatic carbocycles. The fourth-order valence-corrected chi connectivity index (χ4v) is 4.55. The lowest BCUT2D eigenvalue weighted by Gasteiger charge is -2.38. The van der Waals surface area contributed by atoms with Gasteiger partial charge >= 0.3 is 12.8 Å². The van der Waals surface area contributed by atoms with E-state index >= 15 is 4.32 Å². The van der Waals surface area contributed by atoms with Crippen LogP contribution in [0.5, 0.6) is 0 Å². The summed E-state index contributed by atoms with van der Waals surface area (Å²) in [6.45, 7) is 2.07. The molecular formula is C14H13BF4I2N2. The quantitative estimate of drug-likeness (QED) is 0.241. The van der Waals surface area contributed by atoms with E-state index in [1.54, 1.807) is 19.9 Å². The van der Waals surface area contributed by atoms with E-state index in [1.165, 1.54) is 13.8 Å². The molecule has 9 heteroatoms. The van der Waals surface area contributed by atoms with Gasteiger partial charge in [0, 0.05) is 27.8 Å². The molecule has 0 spiro atoms. The predicted molar refractivity (Wildman–Crippen MR) is 101 cm³/mol. The van der Waals surface area contributed by atoms with Gasteiger partial charge in [0.25, 0.3) is 0 Å². The van der Waals surface area contributed by atoms with Gasteiger partial charge in [-0.25, -0.2) is 0 Å². The molecule has 3 heterocycles. The van der Waals surface area contributed by atoms with Crippen LogP contribution in [0.1, 0.15) is 30.8 Å².